The van der Waals surface area contributed by atoms with Gasteiger partial charge in [0.25, 0.3) is 5.56 Å². The van der Waals surface area contributed by atoms with Crippen LogP contribution in [0.4, 0.5) is 0 Å². The molecule has 0 spiro atoms. The number of aromatic nitrogens is 2. The predicted octanol–water partition coefficient (Wildman–Crippen LogP) is 1.79. The Hall–Kier alpha value is -2.70. The molecule has 1 aliphatic carbocycles. The van der Waals surface area contributed by atoms with E-state index in [1.807, 2.05) is 0 Å². The highest BCUT2D eigenvalue weighted by atomic mass is 16.4. The number of rotatable bonds is 4. The zero-order valence-electron chi connectivity index (χ0n) is 14.1. The molecule has 1 aromatic carbocycles. The van der Waals surface area contributed by atoms with Crippen LogP contribution in [0.3, 0.4) is 0 Å². The molecule has 2 N–H and O–H groups in total. The fourth-order valence-corrected chi connectivity index (χ4v) is 3.42. The maximum atomic E-state index is 12.5. The fraction of sp³-hybridized carbons (Fsp3) is 0.444. The van der Waals surface area contributed by atoms with Crippen molar-refractivity contribution in [2.24, 2.45) is 5.92 Å². The molecule has 1 aliphatic rings. The maximum absolute atomic E-state index is 12.5. The molecule has 0 unspecified atom stereocenters. The normalized spacial score (nSPS) is 20.4. The summed E-state index contributed by atoms with van der Waals surface area (Å²) in [6.07, 6.45) is 4.24. The fourth-order valence-electron chi connectivity index (χ4n) is 3.42. The monoisotopic (exact) mass is 343 g/mol. The Morgan fingerprint density at radius 1 is 1.24 bits per heavy atom. The number of nitrogens with zero attached hydrogens (tertiary/aromatic N) is 2. The summed E-state index contributed by atoms with van der Waals surface area (Å²) in [5.74, 6) is -1.15. The van der Waals surface area contributed by atoms with Crippen LogP contribution in [0.25, 0.3) is 10.8 Å². The van der Waals surface area contributed by atoms with E-state index >= 15 is 0 Å². The van der Waals surface area contributed by atoms with Crippen LogP contribution in [-0.4, -0.2) is 32.8 Å². The van der Waals surface area contributed by atoms with Gasteiger partial charge in [-0.05, 0) is 24.8 Å². The van der Waals surface area contributed by atoms with Gasteiger partial charge in [-0.2, -0.15) is 5.10 Å². The van der Waals surface area contributed by atoms with Crippen molar-refractivity contribution in [3.63, 3.8) is 0 Å². The molecular weight excluding hydrogens is 322 g/mol. The van der Waals surface area contributed by atoms with E-state index in [1.165, 1.54) is 6.42 Å². The number of nitrogens with one attached hydrogen (secondary N) is 1. The summed E-state index contributed by atoms with van der Waals surface area (Å²) in [5.41, 5.74) is -0.693. The van der Waals surface area contributed by atoms with E-state index in [4.69, 9.17) is 0 Å². The largest absolute Gasteiger partial charge is 0.476 e. The van der Waals surface area contributed by atoms with E-state index in [2.05, 4.69) is 17.3 Å². The number of carboxylic acid groups (broad SMARTS) is 1. The van der Waals surface area contributed by atoms with Crippen molar-refractivity contribution in [3.05, 3.63) is 40.3 Å². The molecule has 2 atom stereocenters. The highest BCUT2D eigenvalue weighted by Gasteiger charge is 2.23. The Kier molecular flexibility index (Phi) is 4.83. The van der Waals surface area contributed by atoms with Gasteiger partial charge in [0.1, 0.15) is 6.54 Å². The summed E-state index contributed by atoms with van der Waals surface area (Å²) in [6.45, 7) is 1.82. The van der Waals surface area contributed by atoms with Gasteiger partial charge in [0.05, 0.1) is 5.39 Å². The highest BCUT2D eigenvalue weighted by molar-refractivity contribution is 6.01. The first kappa shape index (κ1) is 17.1. The zero-order valence-corrected chi connectivity index (χ0v) is 14.1. The molecule has 1 aromatic heterocycles. The molecule has 1 amide bonds. The van der Waals surface area contributed by atoms with Crippen molar-refractivity contribution < 1.29 is 14.7 Å². The minimum absolute atomic E-state index is 0.0938. The average molecular weight is 343 g/mol. The van der Waals surface area contributed by atoms with Crippen LogP contribution < -0.4 is 10.9 Å². The van der Waals surface area contributed by atoms with Crippen LogP contribution in [0.1, 0.15) is 43.1 Å². The van der Waals surface area contributed by atoms with E-state index in [0.29, 0.717) is 5.92 Å². The molecule has 7 nitrogen and oxygen atoms in total. The van der Waals surface area contributed by atoms with E-state index in [0.717, 1.165) is 23.9 Å². The Morgan fingerprint density at radius 3 is 2.60 bits per heavy atom. The lowest BCUT2D eigenvalue weighted by Crippen LogP contribution is -2.44. The Labute approximate surface area is 144 Å². The number of hydrogen-bond acceptors (Lipinski definition) is 4. The quantitative estimate of drug-likeness (QED) is 0.881. The van der Waals surface area contributed by atoms with Crippen LogP contribution in [0, 0.1) is 5.92 Å². The second-order valence-corrected chi connectivity index (χ2v) is 6.60. The molecule has 132 valence electrons. The molecular formula is C18H21N3O4. The van der Waals surface area contributed by atoms with Gasteiger partial charge in [0, 0.05) is 11.4 Å². The zero-order chi connectivity index (χ0) is 18.0. The molecule has 25 heavy (non-hydrogen) atoms. The second-order valence-electron chi connectivity index (χ2n) is 6.60. The first-order valence-corrected chi connectivity index (χ1v) is 8.50. The standard InChI is InChI=1S/C18H21N3O4/c1-11-6-2-5-9-14(11)19-15(22)10-21-17(23)13-8-4-3-7-12(13)16(20-21)18(24)25/h3-4,7-8,11,14H,2,5-6,9-10H2,1H3,(H,19,22)(H,24,25)/t11-,14-/m1/s1. The molecule has 7 heteroatoms. The number of amides is 1. The summed E-state index contributed by atoms with van der Waals surface area (Å²) in [7, 11) is 0. The Bertz CT molecular complexity index is 874. The van der Waals surface area contributed by atoms with Crippen LogP contribution in [-0.2, 0) is 11.3 Å². The molecule has 2 aromatic rings. The number of carbonyl (C=O) groups excluding carboxylic acids is 1. The minimum atomic E-state index is -1.23. The highest BCUT2D eigenvalue weighted by Crippen LogP contribution is 2.23. The number of aromatic carboxylic acids is 1. The summed E-state index contributed by atoms with van der Waals surface area (Å²) in [4.78, 5) is 36.3. The number of carboxylic acids is 1. The lowest BCUT2D eigenvalue weighted by Gasteiger charge is -2.29. The van der Waals surface area contributed by atoms with Crippen LogP contribution in [0.15, 0.2) is 29.1 Å². The lowest BCUT2D eigenvalue weighted by atomic mass is 9.86. The molecule has 1 heterocycles. The average Bonchev–Trinajstić information content (AvgIpc) is 2.59. The number of fused-ring (bicyclic) bond motifs is 1. The lowest BCUT2D eigenvalue weighted by molar-refractivity contribution is -0.123. The first-order chi connectivity index (χ1) is 12.0. The molecule has 0 bridgehead atoms. The molecule has 1 fully saturated rings. The first-order valence-electron chi connectivity index (χ1n) is 8.50. The molecule has 0 radical (unpaired) electrons. The van der Waals surface area contributed by atoms with Crippen molar-refractivity contribution in [2.75, 3.05) is 0 Å². The summed E-state index contributed by atoms with van der Waals surface area (Å²) < 4.78 is 0.939. The molecule has 0 aliphatic heterocycles. The SMILES string of the molecule is C[C@@H]1CCCC[C@H]1NC(=O)Cn1nc(C(=O)O)c2ccccc2c1=O. The van der Waals surface area contributed by atoms with E-state index < -0.39 is 11.5 Å². The molecule has 3 rings (SSSR count). The molecule has 0 saturated heterocycles. The molecule has 1 saturated carbocycles. The van der Waals surface area contributed by atoms with Gasteiger partial charge >= 0.3 is 5.97 Å². The van der Waals surface area contributed by atoms with Gasteiger partial charge < -0.3 is 10.4 Å². The number of carbonyl (C=O) groups is 2. The van der Waals surface area contributed by atoms with Crippen molar-refractivity contribution in [1.29, 1.82) is 0 Å². The van der Waals surface area contributed by atoms with Crippen molar-refractivity contribution in [2.45, 2.75) is 45.2 Å². The Morgan fingerprint density at radius 2 is 1.92 bits per heavy atom. The van der Waals surface area contributed by atoms with Crippen LogP contribution in [0.2, 0.25) is 0 Å². The second kappa shape index (κ2) is 7.04. The van der Waals surface area contributed by atoms with Gasteiger partial charge in [-0.15, -0.1) is 0 Å². The van der Waals surface area contributed by atoms with Gasteiger partial charge in [0.2, 0.25) is 5.91 Å². The van der Waals surface area contributed by atoms with Gasteiger partial charge in [-0.1, -0.05) is 38.0 Å². The number of benzene rings is 1. The van der Waals surface area contributed by atoms with Gasteiger partial charge in [0.15, 0.2) is 5.69 Å². The minimum Gasteiger partial charge on any atom is -0.476 e. The van der Waals surface area contributed by atoms with E-state index in [9.17, 15) is 19.5 Å². The van der Waals surface area contributed by atoms with Crippen molar-refractivity contribution in [1.82, 2.24) is 15.1 Å². The third-order valence-corrected chi connectivity index (χ3v) is 4.82. The number of hydrogen-bond donors (Lipinski definition) is 2. The predicted molar refractivity (Wildman–Crippen MR) is 92.5 cm³/mol. The van der Waals surface area contributed by atoms with Crippen molar-refractivity contribution >= 4 is 22.6 Å². The van der Waals surface area contributed by atoms with Gasteiger partial charge in [-0.25, -0.2) is 9.48 Å². The van der Waals surface area contributed by atoms with Crippen molar-refractivity contribution in [3.8, 4) is 0 Å². The van der Waals surface area contributed by atoms with E-state index in [1.54, 1.807) is 24.3 Å². The third-order valence-electron chi connectivity index (χ3n) is 4.82. The third kappa shape index (κ3) is 3.55. The topological polar surface area (TPSA) is 101 Å². The summed E-state index contributed by atoms with van der Waals surface area (Å²) >= 11 is 0. The van der Waals surface area contributed by atoms with Crippen LogP contribution in [0.5, 0.6) is 0 Å². The maximum Gasteiger partial charge on any atom is 0.357 e. The summed E-state index contributed by atoms with van der Waals surface area (Å²) in [6, 6.07) is 6.49. The smallest absolute Gasteiger partial charge is 0.357 e. The summed E-state index contributed by atoms with van der Waals surface area (Å²) in [5, 5.41) is 16.7. The van der Waals surface area contributed by atoms with E-state index in [-0.39, 0.29) is 35.0 Å². The van der Waals surface area contributed by atoms with Gasteiger partial charge in [-0.3, -0.25) is 9.59 Å². The van der Waals surface area contributed by atoms with Crippen LogP contribution >= 0.6 is 0 Å². The Balaban J connectivity index is 1.88.